The van der Waals surface area contributed by atoms with Crippen LogP contribution in [-0.2, 0) is 0 Å². The molecular formula is C14H12N4O2S. The van der Waals surface area contributed by atoms with Crippen molar-refractivity contribution >= 4 is 12.2 Å². The summed E-state index contributed by atoms with van der Waals surface area (Å²) in [5, 5.41) is 12.9. The molecule has 106 valence electrons. The molecule has 2 N–H and O–H groups in total. The Balaban J connectivity index is 2.15. The van der Waals surface area contributed by atoms with E-state index in [4.69, 9.17) is 16.6 Å². The molecule has 0 saturated heterocycles. The lowest BCUT2D eigenvalue weighted by Crippen LogP contribution is -2.11. The summed E-state index contributed by atoms with van der Waals surface area (Å²) in [5.41, 5.74) is 3.79. The number of benzene rings is 1. The summed E-state index contributed by atoms with van der Waals surface area (Å²) in [7, 11) is 0. The van der Waals surface area contributed by atoms with Crippen LogP contribution in [0.1, 0.15) is 11.1 Å². The molecule has 0 spiro atoms. The van der Waals surface area contributed by atoms with E-state index in [1.165, 1.54) is 5.56 Å². The average Bonchev–Trinajstić information content (AvgIpc) is 2.89. The van der Waals surface area contributed by atoms with E-state index in [9.17, 15) is 4.79 Å². The molecule has 0 saturated carbocycles. The van der Waals surface area contributed by atoms with Gasteiger partial charge in [0.1, 0.15) is 5.56 Å². The minimum absolute atomic E-state index is 0.119. The molecule has 0 amide bonds. The van der Waals surface area contributed by atoms with Crippen molar-refractivity contribution in [3.63, 3.8) is 0 Å². The summed E-state index contributed by atoms with van der Waals surface area (Å²) in [6.45, 7) is 4.07. The van der Waals surface area contributed by atoms with Crippen LogP contribution in [0.2, 0.25) is 0 Å². The van der Waals surface area contributed by atoms with E-state index in [1.54, 1.807) is 6.07 Å². The Bertz CT molecular complexity index is 923. The Morgan fingerprint density at radius 3 is 2.57 bits per heavy atom. The second-order valence-electron chi connectivity index (χ2n) is 4.71. The van der Waals surface area contributed by atoms with E-state index in [1.807, 2.05) is 32.0 Å². The van der Waals surface area contributed by atoms with Gasteiger partial charge in [0.05, 0.1) is 5.69 Å². The van der Waals surface area contributed by atoms with Gasteiger partial charge in [0.15, 0.2) is 0 Å². The topological polar surface area (TPSA) is 87.6 Å². The molecule has 3 rings (SSSR count). The first-order valence-electron chi connectivity index (χ1n) is 6.28. The van der Waals surface area contributed by atoms with E-state index in [-0.39, 0.29) is 21.9 Å². The van der Waals surface area contributed by atoms with Crippen LogP contribution in [-0.4, -0.2) is 20.4 Å². The minimum Gasteiger partial charge on any atom is -0.409 e. The number of hydrogen-bond donors (Lipinski definition) is 2. The lowest BCUT2D eigenvalue weighted by atomic mass is 10.0. The van der Waals surface area contributed by atoms with Crippen LogP contribution in [0.25, 0.3) is 22.7 Å². The molecule has 3 aromatic rings. The maximum atomic E-state index is 11.9. The number of aromatic nitrogens is 4. The molecule has 0 bridgehead atoms. The van der Waals surface area contributed by atoms with E-state index in [2.05, 4.69) is 20.4 Å². The maximum absolute atomic E-state index is 11.9. The Labute approximate surface area is 124 Å². The second kappa shape index (κ2) is 5.10. The highest BCUT2D eigenvalue weighted by Crippen LogP contribution is 2.22. The molecule has 2 aromatic heterocycles. The van der Waals surface area contributed by atoms with Gasteiger partial charge in [0, 0.05) is 5.56 Å². The fraction of sp³-hybridized carbons (Fsp3) is 0.143. The van der Waals surface area contributed by atoms with Crippen LogP contribution in [0.4, 0.5) is 0 Å². The summed E-state index contributed by atoms with van der Waals surface area (Å²) in [5.74, 6) is 0.147. The van der Waals surface area contributed by atoms with Gasteiger partial charge in [0.2, 0.25) is 0 Å². The number of nitrogens with zero attached hydrogens (tertiary/aromatic N) is 2. The molecule has 2 heterocycles. The van der Waals surface area contributed by atoms with Gasteiger partial charge in [-0.2, -0.15) is 5.10 Å². The summed E-state index contributed by atoms with van der Waals surface area (Å²) in [6, 6.07) is 7.61. The first-order valence-corrected chi connectivity index (χ1v) is 6.68. The molecule has 0 atom stereocenters. The predicted molar refractivity (Wildman–Crippen MR) is 80.4 cm³/mol. The molecular weight excluding hydrogens is 288 g/mol. The van der Waals surface area contributed by atoms with Gasteiger partial charge in [-0.05, 0) is 49.3 Å². The highest BCUT2D eigenvalue weighted by atomic mass is 32.1. The van der Waals surface area contributed by atoms with Crippen LogP contribution in [0.5, 0.6) is 0 Å². The Morgan fingerprint density at radius 2 is 1.90 bits per heavy atom. The second-order valence-corrected chi connectivity index (χ2v) is 5.08. The minimum atomic E-state index is -0.382. The highest BCUT2D eigenvalue weighted by Gasteiger charge is 2.12. The number of hydrogen-bond acceptors (Lipinski definition) is 5. The third-order valence-corrected chi connectivity index (χ3v) is 3.45. The van der Waals surface area contributed by atoms with Crippen molar-refractivity contribution in [2.75, 3.05) is 0 Å². The molecule has 0 aliphatic carbocycles. The van der Waals surface area contributed by atoms with Crippen LogP contribution >= 0.6 is 12.2 Å². The zero-order valence-electron chi connectivity index (χ0n) is 11.4. The van der Waals surface area contributed by atoms with Crippen molar-refractivity contribution in [2.24, 2.45) is 0 Å². The van der Waals surface area contributed by atoms with Gasteiger partial charge < -0.3 is 4.42 Å². The summed E-state index contributed by atoms with van der Waals surface area (Å²) in [6.07, 6.45) is 0. The van der Waals surface area contributed by atoms with E-state index < -0.39 is 0 Å². The Hall–Kier alpha value is -2.54. The smallest absolute Gasteiger partial charge is 0.284 e. The predicted octanol–water partition coefficient (Wildman–Crippen LogP) is 2.77. The van der Waals surface area contributed by atoms with Crippen LogP contribution in [0.3, 0.4) is 0 Å². The van der Waals surface area contributed by atoms with Gasteiger partial charge in [-0.15, -0.1) is 5.10 Å². The lowest BCUT2D eigenvalue weighted by molar-refractivity contribution is 0.551. The lowest BCUT2D eigenvalue weighted by Gasteiger charge is -2.05. The van der Waals surface area contributed by atoms with Crippen molar-refractivity contribution in [1.29, 1.82) is 0 Å². The van der Waals surface area contributed by atoms with Gasteiger partial charge in [-0.3, -0.25) is 4.79 Å². The van der Waals surface area contributed by atoms with Gasteiger partial charge in [-0.1, -0.05) is 12.1 Å². The van der Waals surface area contributed by atoms with Crippen LogP contribution in [0, 0.1) is 18.7 Å². The van der Waals surface area contributed by atoms with Crippen LogP contribution in [0.15, 0.2) is 33.5 Å². The standard InChI is InChI=1S/C14H12N4O2S/c1-7-3-4-9(5-8(7)2)11-6-10(12(19)16-15-11)13-17-18-14(21)20-13/h3-6H,1-2H3,(H,16,19)(H,18,21). The molecule has 0 fully saturated rings. The maximum Gasteiger partial charge on any atom is 0.284 e. The third kappa shape index (κ3) is 2.55. The molecule has 0 aliphatic rings. The monoisotopic (exact) mass is 300 g/mol. The largest absolute Gasteiger partial charge is 0.409 e. The highest BCUT2D eigenvalue weighted by molar-refractivity contribution is 7.71. The Morgan fingerprint density at radius 1 is 1.10 bits per heavy atom. The molecule has 6 nitrogen and oxygen atoms in total. The number of aromatic amines is 2. The first kappa shape index (κ1) is 13.4. The molecule has 0 aliphatic heterocycles. The van der Waals surface area contributed by atoms with Crippen molar-refractivity contribution < 1.29 is 4.42 Å². The fourth-order valence-corrected chi connectivity index (χ4v) is 2.08. The quantitative estimate of drug-likeness (QED) is 0.710. The normalized spacial score (nSPS) is 10.8. The number of rotatable bonds is 2. The number of nitrogens with one attached hydrogen (secondary N) is 2. The Kier molecular flexibility index (Phi) is 3.26. The fourth-order valence-electron chi connectivity index (χ4n) is 1.96. The molecule has 21 heavy (non-hydrogen) atoms. The van der Waals surface area contributed by atoms with Crippen molar-refractivity contribution in [3.8, 4) is 22.7 Å². The third-order valence-electron chi connectivity index (χ3n) is 3.27. The zero-order chi connectivity index (χ0) is 15.0. The SMILES string of the molecule is Cc1ccc(-c2cc(-c3n[nH]c(=S)o3)c(=O)[nH]n2)cc1C. The zero-order valence-corrected chi connectivity index (χ0v) is 12.2. The summed E-state index contributed by atoms with van der Waals surface area (Å²) in [4.78, 5) is 12.0. The molecule has 1 aromatic carbocycles. The van der Waals surface area contributed by atoms with E-state index >= 15 is 0 Å². The summed E-state index contributed by atoms with van der Waals surface area (Å²) >= 11 is 4.82. The van der Waals surface area contributed by atoms with E-state index in [0.717, 1.165) is 11.1 Å². The van der Waals surface area contributed by atoms with Crippen molar-refractivity contribution in [1.82, 2.24) is 20.4 Å². The molecule has 7 heteroatoms. The van der Waals surface area contributed by atoms with Gasteiger partial charge >= 0.3 is 0 Å². The molecule has 0 unspecified atom stereocenters. The number of aryl methyl sites for hydroxylation is 2. The van der Waals surface area contributed by atoms with Crippen molar-refractivity contribution in [2.45, 2.75) is 13.8 Å². The van der Waals surface area contributed by atoms with Gasteiger partial charge in [0.25, 0.3) is 16.3 Å². The van der Waals surface area contributed by atoms with E-state index in [0.29, 0.717) is 5.69 Å². The van der Waals surface area contributed by atoms with Crippen LogP contribution < -0.4 is 5.56 Å². The molecule has 0 radical (unpaired) electrons. The average molecular weight is 300 g/mol. The van der Waals surface area contributed by atoms with Crippen molar-refractivity contribution in [3.05, 3.63) is 50.6 Å². The number of H-pyrrole nitrogens is 2. The summed E-state index contributed by atoms with van der Waals surface area (Å²) < 4.78 is 5.18. The van der Waals surface area contributed by atoms with Gasteiger partial charge in [-0.25, -0.2) is 10.2 Å². The first-order chi connectivity index (χ1) is 10.0.